The van der Waals surface area contributed by atoms with Crippen LogP contribution in [0.3, 0.4) is 0 Å². The van der Waals surface area contributed by atoms with Crippen molar-refractivity contribution < 1.29 is 9.53 Å². The van der Waals surface area contributed by atoms with E-state index in [2.05, 4.69) is 49.0 Å². The number of likely N-dealkylation sites (N-methyl/N-ethyl adjacent to an activating group) is 1. The predicted molar refractivity (Wildman–Crippen MR) is 102 cm³/mol. The molecule has 140 valence electrons. The number of benzene rings is 1. The molecule has 5 heteroatoms. The van der Waals surface area contributed by atoms with Crippen LogP contribution in [0.5, 0.6) is 5.75 Å². The number of aryl methyl sites for hydroxylation is 1. The van der Waals surface area contributed by atoms with Crippen molar-refractivity contribution in [3.05, 3.63) is 29.3 Å². The van der Waals surface area contributed by atoms with Gasteiger partial charge >= 0.3 is 0 Å². The van der Waals surface area contributed by atoms with E-state index in [-0.39, 0.29) is 12.5 Å². The Labute approximate surface area is 152 Å². The van der Waals surface area contributed by atoms with Gasteiger partial charge in [0, 0.05) is 32.7 Å². The molecule has 0 unspecified atom stereocenters. The molecule has 0 atom stereocenters. The van der Waals surface area contributed by atoms with Crippen LogP contribution < -0.4 is 10.1 Å². The minimum absolute atomic E-state index is 0.0519. The molecule has 1 aliphatic heterocycles. The molecule has 1 fully saturated rings. The predicted octanol–water partition coefficient (Wildman–Crippen LogP) is 2.25. The average Bonchev–Trinajstić information content (AvgIpc) is 2.58. The Balaban J connectivity index is 1.61. The molecule has 1 aromatic rings. The van der Waals surface area contributed by atoms with E-state index in [1.54, 1.807) is 0 Å². The lowest BCUT2D eigenvalue weighted by molar-refractivity contribution is -0.123. The zero-order valence-electron chi connectivity index (χ0n) is 16.2. The van der Waals surface area contributed by atoms with Gasteiger partial charge in [0.05, 0.1) is 0 Å². The number of hydrogen-bond donors (Lipinski definition) is 1. The van der Waals surface area contributed by atoms with Crippen molar-refractivity contribution in [1.82, 2.24) is 15.1 Å². The second-order valence-electron chi connectivity index (χ2n) is 7.31. The summed E-state index contributed by atoms with van der Waals surface area (Å²) in [6.07, 6.45) is 0.984. The van der Waals surface area contributed by atoms with Crippen LogP contribution in [-0.2, 0) is 4.79 Å². The number of ether oxygens (including phenoxy) is 1. The van der Waals surface area contributed by atoms with Crippen molar-refractivity contribution in [2.24, 2.45) is 0 Å². The molecule has 5 nitrogen and oxygen atoms in total. The first-order chi connectivity index (χ1) is 12.0. The van der Waals surface area contributed by atoms with Crippen LogP contribution in [0, 0.1) is 6.92 Å². The molecule has 0 spiro atoms. The zero-order valence-corrected chi connectivity index (χ0v) is 16.2. The maximum atomic E-state index is 11.9. The second kappa shape index (κ2) is 9.78. The fourth-order valence-corrected chi connectivity index (χ4v) is 3.19. The summed E-state index contributed by atoms with van der Waals surface area (Å²) < 4.78 is 5.61. The van der Waals surface area contributed by atoms with Crippen molar-refractivity contribution in [3.63, 3.8) is 0 Å². The molecule has 1 heterocycles. The third-order valence-corrected chi connectivity index (χ3v) is 4.80. The SMILES string of the molecule is Cc1cc(OCC(=O)NCCCN2CCN(C)CC2)ccc1C(C)C. The van der Waals surface area contributed by atoms with Gasteiger partial charge in [-0.2, -0.15) is 0 Å². The van der Waals surface area contributed by atoms with Gasteiger partial charge in [0.15, 0.2) is 6.61 Å². The molecular weight excluding hydrogens is 314 g/mol. The monoisotopic (exact) mass is 347 g/mol. The zero-order chi connectivity index (χ0) is 18.2. The van der Waals surface area contributed by atoms with E-state index in [1.165, 1.54) is 11.1 Å². The lowest BCUT2D eigenvalue weighted by Crippen LogP contribution is -2.45. The minimum Gasteiger partial charge on any atom is -0.484 e. The topological polar surface area (TPSA) is 44.8 Å². The van der Waals surface area contributed by atoms with E-state index >= 15 is 0 Å². The lowest BCUT2D eigenvalue weighted by atomic mass is 9.98. The Morgan fingerprint density at radius 3 is 2.60 bits per heavy atom. The number of carbonyl (C=O) groups excluding carboxylic acids is 1. The van der Waals surface area contributed by atoms with E-state index in [0.717, 1.165) is 44.9 Å². The van der Waals surface area contributed by atoms with E-state index in [0.29, 0.717) is 12.5 Å². The van der Waals surface area contributed by atoms with Gasteiger partial charge in [-0.15, -0.1) is 0 Å². The summed E-state index contributed by atoms with van der Waals surface area (Å²) in [5.41, 5.74) is 2.53. The molecule has 0 bridgehead atoms. The standard InChI is InChI=1S/C20H33N3O2/c1-16(2)19-7-6-18(14-17(19)3)25-15-20(24)21-8-5-9-23-12-10-22(4)11-13-23/h6-7,14,16H,5,8-13,15H2,1-4H3,(H,21,24). The second-order valence-corrected chi connectivity index (χ2v) is 7.31. The highest BCUT2D eigenvalue weighted by Gasteiger charge is 2.13. The summed E-state index contributed by atoms with van der Waals surface area (Å²) >= 11 is 0. The smallest absolute Gasteiger partial charge is 0.257 e. The Hall–Kier alpha value is -1.59. The van der Waals surface area contributed by atoms with Crippen LogP contribution in [0.2, 0.25) is 0 Å². The molecule has 25 heavy (non-hydrogen) atoms. The minimum atomic E-state index is -0.0519. The first-order valence-corrected chi connectivity index (χ1v) is 9.36. The van der Waals surface area contributed by atoms with Crippen LogP contribution in [0.25, 0.3) is 0 Å². The Morgan fingerprint density at radius 2 is 1.96 bits per heavy atom. The van der Waals surface area contributed by atoms with Crippen molar-refractivity contribution in [3.8, 4) is 5.75 Å². The molecule has 0 radical (unpaired) electrons. The van der Waals surface area contributed by atoms with Crippen LogP contribution >= 0.6 is 0 Å². The van der Waals surface area contributed by atoms with Crippen molar-refractivity contribution in [2.75, 3.05) is 52.9 Å². The van der Waals surface area contributed by atoms with Crippen LogP contribution in [0.1, 0.15) is 37.3 Å². The number of piperazine rings is 1. The van der Waals surface area contributed by atoms with Gasteiger partial charge in [0.1, 0.15) is 5.75 Å². The molecule has 0 aliphatic carbocycles. The molecule has 1 amide bonds. The van der Waals surface area contributed by atoms with Crippen molar-refractivity contribution in [1.29, 1.82) is 0 Å². The number of rotatable bonds is 8. The van der Waals surface area contributed by atoms with E-state index in [4.69, 9.17) is 4.74 Å². The molecule has 1 N–H and O–H groups in total. The van der Waals surface area contributed by atoms with Crippen LogP contribution in [-0.4, -0.2) is 68.6 Å². The number of nitrogens with one attached hydrogen (secondary N) is 1. The highest BCUT2D eigenvalue weighted by molar-refractivity contribution is 5.77. The summed E-state index contributed by atoms with van der Waals surface area (Å²) in [5, 5.41) is 2.94. The van der Waals surface area contributed by atoms with Gasteiger partial charge in [-0.25, -0.2) is 0 Å². The van der Waals surface area contributed by atoms with E-state index in [1.807, 2.05) is 12.1 Å². The van der Waals surface area contributed by atoms with Gasteiger partial charge in [-0.3, -0.25) is 4.79 Å². The van der Waals surface area contributed by atoms with Gasteiger partial charge in [-0.1, -0.05) is 19.9 Å². The quantitative estimate of drug-likeness (QED) is 0.733. The average molecular weight is 348 g/mol. The van der Waals surface area contributed by atoms with Crippen molar-refractivity contribution >= 4 is 5.91 Å². The number of nitrogens with zero attached hydrogens (tertiary/aromatic N) is 2. The summed E-state index contributed by atoms with van der Waals surface area (Å²) in [7, 11) is 2.16. The molecule has 1 aromatic carbocycles. The molecule has 1 saturated heterocycles. The van der Waals surface area contributed by atoms with Gasteiger partial charge in [0.25, 0.3) is 5.91 Å². The van der Waals surface area contributed by atoms with Crippen LogP contribution in [0.4, 0.5) is 0 Å². The largest absolute Gasteiger partial charge is 0.484 e. The summed E-state index contributed by atoms with van der Waals surface area (Å²) in [5.74, 6) is 1.20. The Morgan fingerprint density at radius 1 is 1.24 bits per heavy atom. The molecule has 0 saturated carbocycles. The Kier molecular flexibility index (Phi) is 7.72. The summed E-state index contributed by atoms with van der Waals surface area (Å²) in [6.45, 7) is 12.8. The molecule has 2 rings (SSSR count). The Bertz CT molecular complexity index is 552. The highest BCUT2D eigenvalue weighted by Crippen LogP contribution is 2.23. The third-order valence-electron chi connectivity index (χ3n) is 4.80. The maximum absolute atomic E-state index is 11.9. The summed E-state index contributed by atoms with van der Waals surface area (Å²) in [6, 6.07) is 6.04. The van der Waals surface area contributed by atoms with E-state index in [9.17, 15) is 4.79 Å². The van der Waals surface area contributed by atoms with Gasteiger partial charge < -0.3 is 19.9 Å². The fourth-order valence-electron chi connectivity index (χ4n) is 3.19. The fraction of sp³-hybridized carbons (Fsp3) is 0.650. The number of amides is 1. The first-order valence-electron chi connectivity index (χ1n) is 9.36. The van der Waals surface area contributed by atoms with Gasteiger partial charge in [-0.05, 0) is 56.1 Å². The van der Waals surface area contributed by atoms with Crippen molar-refractivity contribution in [2.45, 2.75) is 33.1 Å². The summed E-state index contributed by atoms with van der Waals surface area (Å²) in [4.78, 5) is 16.7. The number of hydrogen-bond acceptors (Lipinski definition) is 4. The normalized spacial score (nSPS) is 16.2. The van der Waals surface area contributed by atoms with E-state index < -0.39 is 0 Å². The number of carbonyl (C=O) groups is 1. The molecule has 0 aromatic heterocycles. The molecular formula is C20H33N3O2. The molecule has 1 aliphatic rings. The van der Waals surface area contributed by atoms with Crippen LogP contribution in [0.15, 0.2) is 18.2 Å². The highest BCUT2D eigenvalue weighted by atomic mass is 16.5. The lowest BCUT2D eigenvalue weighted by Gasteiger charge is -2.32. The first kappa shape index (κ1) is 19.7. The maximum Gasteiger partial charge on any atom is 0.257 e. The third kappa shape index (κ3) is 6.67. The van der Waals surface area contributed by atoms with Gasteiger partial charge in [0.2, 0.25) is 0 Å².